The monoisotopic (exact) mass is 510 g/mol. The van der Waals surface area contributed by atoms with Gasteiger partial charge in [-0.2, -0.15) is 0 Å². The molecule has 0 unspecified atom stereocenters. The van der Waals surface area contributed by atoms with Crippen molar-refractivity contribution >= 4 is 34.5 Å². The van der Waals surface area contributed by atoms with E-state index < -0.39 is 0 Å². The highest BCUT2D eigenvalue weighted by Crippen LogP contribution is 2.34. The molecule has 4 rings (SSSR count). The van der Waals surface area contributed by atoms with Crippen LogP contribution >= 0.6 is 22.7 Å². The Morgan fingerprint density at radius 3 is 2.49 bits per heavy atom. The Morgan fingerprint density at radius 2 is 1.83 bits per heavy atom. The Morgan fingerprint density at radius 1 is 1.06 bits per heavy atom. The van der Waals surface area contributed by atoms with Gasteiger partial charge in [-0.1, -0.05) is 45.9 Å². The van der Waals surface area contributed by atoms with Gasteiger partial charge < -0.3 is 14.5 Å². The molecular formula is C28H34N2O3S2. The summed E-state index contributed by atoms with van der Waals surface area (Å²) in [5, 5.41) is 3.99. The molecular weight excluding hydrogens is 476 g/mol. The number of thiophene rings is 2. The van der Waals surface area contributed by atoms with Gasteiger partial charge >= 0.3 is 0 Å². The van der Waals surface area contributed by atoms with E-state index in [9.17, 15) is 9.59 Å². The van der Waals surface area contributed by atoms with Crippen LogP contribution in [0.1, 0.15) is 65.3 Å². The van der Waals surface area contributed by atoms with Gasteiger partial charge in [0.2, 0.25) is 5.91 Å². The van der Waals surface area contributed by atoms with Gasteiger partial charge in [-0.15, -0.1) is 22.7 Å². The normalized spacial score (nSPS) is 15.4. The summed E-state index contributed by atoms with van der Waals surface area (Å²) in [4.78, 5) is 32.3. The average molecular weight is 511 g/mol. The Bertz CT molecular complexity index is 1120. The Labute approximate surface area is 216 Å². The highest BCUT2D eigenvalue weighted by Gasteiger charge is 2.34. The Balaban J connectivity index is 1.50. The summed E-state index contributed by atoms with van der Waals surface area (Å²) in [7, 11) is 0. The SMILES string of the molecule is CC(C)CN(CC(=O)N1CCc2sccc2[C@H]1COc1ccc(C(C)C)cc1)C(=O)c1cccs1. The van der Waals surface area contributed by atoms with Crippen molar-refractivity contribution in [2.24, 2.45) is 5.92 Å². The van der Waals surface area contributed by atoms with E-state index in [-0.39, 0.29) is 30.3 Å². The van der Waals surface area contributed by atoms with Crippen LogP contribution in [0.2, 0.25) is 0 Å². The lowest BCUT2D eigenvalue weighted by Crippen LogP contribution is -2.48. The van der Waals surface area contributed by atoms with Crippen LogP contribution in [0.25, 0.3) is 0 Å². The zero-order valence-corrected chi connectivity index (χ0v) is 22.5. The molecule has 186 valence electrons. The molecule has 1 atom stereocenters. The molecule has 0 bridgehead atoms. The third kappa shape index (κ3) is 6.14. The number of ether oxygens (including phenoxy) is 1. The number of fused-ring (bicyclic) bond motifs is 1. The van der Waals surface area contributed by atoms with E-state index in [4.69, 9.17) is 4.74 Å². The maximum atomic E-state index is 13.6. The predicted molar refractivity (Wildman–Crippen MR) is 144 cm³/mol. The van der Waals surface area contributed by atoms with Gasteiger partial charge in [0.25, 0.3) is 5.91 Å². The fraction of sp³-hybridized carbons (Fsp3) is 0.429. The van der Waals surface area contributed by atoms with Gasteiger partial charge in [0, 0.05) is 18.0 Å². The molecule has 0 saturated heterocycles. The van der Waals surface area contributed by atoms with Crippen LogP contribution in [0.15, 0.2) is 53.2 Å². The highest BCUT2D eigenvalue weighted by atomic mass is 32.1. The maximum Gasteiger partial charge on any atom is 0.264 e. The van der Waals surface area contributed by atoms with Gasteiger partial charge in [-0.25, -0.2) is 0 Å². The van der Waals surface area contributed by atoms with Crippen LogP contribution in [0, 0.1) is 5.92 Å². The molecule has 2 amide bonds. The van der Waals surface area contributed by atoms with Crippen LogP contribution < -0.4 is 4.74 Å². The van der Waals surface area contributed by atoms with Crippen molar-refractivity contribution in [1.29, 1.82) is 0 Å². The molecule has 35 heavy (non-hydrogen) atoms. The van der Waals surface area contributed by atoms with Crippen molar-refractivity contribution in [3.8, 4) is 5.75 Å². The molecule has 5 nitrogen and oxygen atoms in total. The van der Waals surface area contributed by atoms with Crippen molar-refractivity contribution in [2.45, 2.75) is 46.1 Å². The molecule has 1 aliphatic rings. The third-order valence-corrected chi connectivity index (χ3v) is 8.16. The summed E-state index contributed by atoms with van der Waals surface area (Å²) in [6.07, 6.45) is 0.835. The summed E-state index contributed by atoms with van der Waals surface area (Å²) < 4.78 is 6.19. The zero-order chi connectivity index (χ0) is 24.9. The summed E-state index contributed by atoms with van der Waals surface area (Å²) in [5.41, 5.74) is 2.43. The van der Waals surface area contributed by atoms with Crippen LogP contribution in [0.3, 0.4) is 0 Å². The molecule has 0 spiro atoms. The summed E-state index contributed by atoms with van der Waals surface area (Å²) in [5.74, 6) is 1.43. The first kappa shape index (κ1) is 25.5. The van der Waals surface area contributed by atoms with E-state index >= 15 is 0 Å². The number of hydrogen-bond donors (Lipinski definition) is 0. The van der Waals surface area contributed by atoms with E-state index in [1.807, 2.05) is 34.5 Å². The number of carbonyl (C=O) groups is 2. The molecule has 0 radical (unpaired) electrons. The maximum absolute atomic E-state index is 13.6. The van der Waals surface area contributed by atoms with Gasteiger partial charge in [-0.3, -0.25) is 9.59 Å². The molecule has 1 aromatic carbocycles. The topological polar surface area (TPSA) is 49.9 Å². The van der Waals surface area contributed by atoms with Gasteiger partial charge in [0.15, 0.2) is 0 Å². The minimum Gasteiger partial charge on any atom is -0.491 e. The second-order valence-corrected chi connectivity index (χ2v) is 11.7. The van der Waals surface area contributed by atoms with Gasteiger partial charge in [0.05, 0.1) is 10.9 Å². The van der Waals surface area contributed by atoms with E-state index in [1.165, 1.54) is 21.8 Å². The minimum atomic E-state index is -0.167. The molecule has 0 fully saturated rings. The Hall–Kier alpha value is -2.64. The fourth-order valence-electron chi connectivity index (χ4n) is 4.47. The highest BCUT2D eigenvalue weighted by molar-refractivity contribution is 7.12. The lowest BCUT2D eigenvalue weighted by Gasteiger charge is -2.37. The average Bonchev–Trinajstić information content (AvgIpc) is 3.53. The van der Waals surface area contributed by atoms with Crippen LogP contribution in [-0.2, 0) is 11.2 Å². The van der Waals surface area contributed by atoms with Crippen LogP contribution in [0.5, 0.6) is 5.75 Å². The fourth-order valence-corrected chi connectivity index (χ4v) is 6.09. The molecule has 7 heteroatoms. The number of benzene rings is 1. The summed E-state index contributed by atoms with van der Waals surface area (Å²) >= 11 is 3.15. The van der Waals surface area contributed by atoms with E-state index in [0.717, 1.165) is 17.7 Å². The minimum absolute atomic E-state index is 0.0313. The van der Waals surface area contributed by atoms with Crippen LogP contribution in [-0.4, -0.2) is 47.9 Å². The first-order valence-electron chi connectivity index (χ1n) is 12.2. The summed E-state index contributed by atoms with van der Waals surface area (Å²) in [6, 6.07) is 13.8. The summed E-state index contributed by atoms with van der Waals surface area (Å²) in [6.45, 7) is 10.1. The largest absolute Gasteiger partial charge is 0.491 e. The molecule has 0 aliphatic carbocycles. The number of carbonyl (C=O) groups excluding carboxylic acids is 2. The number of rotatable bonds is 9. The quantitative estimate of drug-likeness (QED) is 0.343. The standard InChI is InChI=1S/C28H34N2O3S2/c1-19(2)16-29(28(32)26-6-5-14-34-26)17-27(31)30-13-11-25-23(12-15-35-25)24(30)18-33-22-9-7-21(8-10-22)20(3)4/h5-10,12,14-15,19-20,24H,11,13,16-18H2,1-4H3/t24-/m1/s1. The number of nitrogens with zero attached hydrogens (tertiary/aromatic N) is 2. The van der Waals surface area contributed by atoms with E-state index in [2.05, 4.69) is 51.3 Å². The van der Waals surface area contributed by atoms with Crippen LogP contribution in [0.4, 0.5) is 0 Å². The third-order valence-electron chi connectivity index (χ3n) is 6.30. The van der Waals surface area contributed by atoms with Crippen molar-refractivity contribution in [1.82, 2.24) is 9.80 Å². The molecule has 0 saturated carbocycles. The van der Waals surface area contributed by atoms with Gasteiger partial charge in [0.1, 0.15) is 18.9 Å². The molecule has 2 aromatic heterocycles. The smallest absolute Gasteiger partial charge is 0.264 e. The van der Waals surface area contributed by atoms with Crippen molar-refractivity contribution in [3.63, 3.8) is 0 Å². The lowest BCUT2D eigenvalue weighted by atomic mass is 10.00. The molecule has 1 aliphatic heterocycles. The second-order valence-electron chi connectivity index (χ2n) is 9.74. The van der Waals surface area contributed by atoms with Crippen molar-refractivity contribution < 1.29 is 14.3 Å². The van der Waals surface area contributed by atoms with Crippen molar-refractivity contribution in [2.75, 3.05) is 26.2 Å². The van der Waals surface area contributed by atoms with E-state index in [0.29, 0.717) is 30.5 Å². The lowest BCUT2D eigenvalue weighted by molar-refractivity contribution is -0.135. The van der Waals surface area contributed by atoms with Crippen molar-refractivity contribution in [3.05, 3.63) is 74.1 Å². The second kappa shape index (κ2) is 11.4. The zero-order valence-electron chi connectivity index (χ0n) is 20.9. The molecule has 3 aromatic rings. The first-order chi connectivity index (χ1) is 16.8. The number of amides is 2. The van der Waals surface area contributed by atoms with Gasteiger partial charge in [-0.05, 0) is 64.4 Å². The first-order valence-corrected chi connectivity index (χ1v) is 14.0. The predicted octanol–water partition coefficient (Wildman–Crippen LogP) is 6.24. The molecule has 0 N–H and O–H groups in total. The molecule has 3 heterocycles. The Kier molecular flexibility index (Phi) is 8.29. The van der Waals surface area contributed by atoms with E-state index in [1.54, 1.807) is 16.2 Å². The number of hydrogen-bond acceptors (Lipinski definition) is 5.